The predicted molar refractivity (Wildman–Crippen MR) is 117 cm³/mol. The molecule has 1 N–H and O–H groups in total. The Hall–Kier alpha value is -3.79. The minimum atomic E-state index is -0.0257. The molecule has 7 nitrogen and oxygen atoms in total. The Labute approximate surface area is 181 Å². The Morgan fingerprint density at radius 1 is 1.03 bits per heavy atom. The zero-order chi connectivity index (χ0) is 21.9. The van der Waals surface area contributed by atoms with Gasteiger partial charge in [0.2, 0.25) is 5.91 Å². The lowest BCUT2D eigenvalue weighted by Gasteiger charge is -2.11. The van der Waals surface area contributed by atoms with E-state index in [1.165, 1.54) is 7.11 Å². The molecule has 0 aliphatic rings. The van der Waals surface area contributed by atoms with Gasteiger partial charge in [-0.15, -0.1) is 0 Å². The van der Waals surface area contributed by atoms with Crippen molar-refractivity contribution in [2.24, 2.45) is 0 Å². The molecule has 3 aromatic rings. The molecule has 7 heteroatoms. The van der Waals surface area contributed by atoms with Crippen molar-refractivity contribution in [1.29, 1.82) is 5.26 Å². The van der Waals surface area contributed by atoms with Crippen LogP contribution in [0.2, 0.25) is 0 Å². The molecule has 0 atom stereocenters. The fraction of sp³-hybridized carbons (Fsp3) is 0.292. The van der Waals surface area contributed by atoms with Crippen molar-refractivity contribution in [2.75, 3.05) is 26.9 Å². The molecular weight excluding hydrogens is 394 g/mol. The molecule has 31 heavy (non-hydrogen) atoms. The third-order valence-corrected chi connectivity index (χ3v) is 4.60. The number of nitrogens with one attached hydrogen (secondary N) is 1. The number of benzene rings is 2. The van der Waals surface area contributed by atoms with Crippen LogP contribution in [0.5, 0.6) is 17.2 Å². The molecule has 0 saturated carbocycles. The Kier molecular flexibility index (Phi) is 8.06. The van der Waals surface area contributed by atoms with E-state index in [9.17, 15) is 4.79 Å². The van der Waals surface area contributed by atoms with Gasteiger partial charge in [-0.25, -0.2) is 0 Å². The molecule has 0 aliphatic carbocycles. The number of carbonyl (C=O) groups is 1. The van der Waals surface area contributed by atoms with Crippen molar-refractivity contribution in [3.63, 3.8) is 0 Å². The summed E-state index contributed by atoms with van der Waals surface area (Å²) >= 11 is 0. The van der Waals surface area contributed by atoms with Crippen LogP contribution in [0.3, 0.4) is 0 Å². The molecule has 160 valence electrons. The van der Waals surface area contributed by atoms with Gasteiger partial charge in [-0.3, -0.25) is 9.78 Å². The number of carbonyl (C=O) groups excluding carboxylic acids is 1. The van der Waals surface area contributed by atoms with E-state index in [-0.39, 0.29) is 5.91 Å². The predicted octanol–water partition coefficient (Wildman–Crippen LogP) is 3.86. The quantitative estimate of drug-likeness (QED) is 0.475. The smallest absolute Gasteiger partial charge is 0.220 e. The first-order valence-electron chi connectivity index (χ1n) is 10.2. The van der Waals surface area contributed by atoms with E-state index in [1.807, 2.05) is 30.3 Å². The number of fused-ring (bicyclic) bond motifs is 1. The van der Waals surface area contributed by atoms with Crippen LogP contribution in [0, 0.1) is 11.3 Å². The van der Waals surface area contributed by atoms with Gasteiger partial charge >= 0.3 is 0 Å². The molecule has 0 bridgehead atoms. The molecule has 0 aliphatic heterocycles. The highest BCUT2D eigenvalue weighted by atomic mass is 16.5. The number of para-hydroxylation sites is 1. The number of hydrogen-bond acceptors (Lipinski definition) is 6. The van der Waals surface area contributed by atoms with Gasteiger partial charge in [0.25, 0.3) is 0 Å². The van der Waals surface area contributed by atoms with Crippen LogP contribution in [-0.4, -0.2) is 37.8 Å². The lowest BCUT2D eigenvalue weighted by atomic mass is 10.2. The van der Waals surface area contributed by atoms with Gasteiger partial charge in [-0.2, -0.15) is 5.26 Å². The van der Waals surface area contributed by atoms with Crippen molar-refractivity contribution in [1.82, 2.24) is 10.3 Å². The van der Waals surface area contributed by atoms with Gasteiger partial charge in [-0.1, -0.05) is 18.2 Å². The maximum absolute atomic E-state index is 12.0. The van der Waals surface area contributed by atoms with E-state index in [4.69, 9.17) is 19.5 Å². The third-order valence-electron chi connectivity index (χ3n) is 4.60. The summed E-state index contributed by atoms with van der Waals surface area (Å²) in [7, 11) is 1.53. The molecule has 0 spiro atoms. The Bertz CT molecular complexity index is 1060. The van der Waals surface area contributed by atoms with Crippen molar-refractivity contribution < 1.29 is 19.0 Å². The summed E-state index contributed by atoms with van der Waals surface area (Å²) in [6.45, 7) is 1.42. The zero-order valence-corrected chi connectivity index (χ0v) is 17.5. The molecular formula is C24H25N3O4. The highest BCUT2D eigenvalue weighted by Crippen LogP contribution is 2.28. The normalized spacial score (nSPS) is 10.3. The monoisotopic (exact) mass is 419 g/mol. The summed E-state index contributed by atoms with van der Waals surface area (Å²) in [5.74, 6) is 1.79. The second-order valence-electron chi connectivity index (χ2n) is 6.81. The van der Waals surface area contributed by atoms with Gasteiger partial charge in [-0.05, 0) is 37.1 Å². The molecule has 3 rings (SSSR count). The first-order chi connectivity index (χ1) is 15.2. The van der Waals surface area contributed by atoms with Crippen molar-refractivity contribution in [3.8, 4) is 23.3 Å². The number of nitriles is 1. The first-order valence-corrected chi connectivity index (χ1v) is 10.2. The van der Waals surface area contributed by atoms with E-state index in [0.717, 1.165) is 16.7 Å². The Morgan fingerprint density at radius 2 is 1.84 bits per heavy atom. The average Bonchev–Trinajstić information content (AvgIpc) is 2.81. The van der Waals surface area contributed by atoms with E-state index >= 15 is 0 Å². The summed E-state index contributed by atoms with van der Waals surface area (Å²) in [5, 5.41) is 12.9. The molecule has 1 heterocycles. The van der Waals surface area contributed by atoms with Crippen molar-refractivity contribution in [3.05, 3.63) is 60.3 Å². The standard InChI is InChI=1S/C24H25N3O4/c1-29-22-16-18(17-25)10-11-20(22)30-14-4-9-23(28)26-13-5-15-31-21-8-2-6-19-7-3-12-27-24(19)21/h2-3,6-8,10-12,16H,4-5,9,13-15H2,1H3,(H,26,28). The summed E-state index contributed by atoms with van der Waals surface area (Å²) in [6, 6.07) is 16.8. The van der Waals surface area contributed by atoms with Crippen LogP contribution in [0.1, 0.15) is 24.8 Å². The molecule has 1 amide bonds. The molecule has 1 aromatic heterocycles. The van der Waals surface area contributed by atoms with Crippen molar-refractivity contribution in [2.45, 2.75) is 19.3 Å². The maximum Gasteiger partial charge on any atom is 0.220 e. The Balaban J connectivity index is 1.31. The average molecular weight is 419 g/mol. The number of amides is 1. The highest BCUT2D eigenvalue weighted by Gasteiger charge is 2.07. The van der Waals surface area contributed by atoms with Gasteiger partial charge in [0.05, 0.1) is 32.0 Å². The minimum absolute atomic E-state index is 0.0257. The van der Waals surface area contributed by atoms with Crippen LogP contribution in [-0.2, 0) is 4.79 Å². The summed E-state index contributed by atoms with van der Waals surface area (Å²) in [5.41, 5.74) is 1.34. The molecule has 0 saturated heterocycles. The fourth-order valence-corrected chi connectivity index (χ4v) is 3.03. The van der Waals surface area contributed by atoms with E-state index in [2.05, 4.69) is 16.4 Å². The lowest BCUT2D eigenvalue weighted by molar-refractivity contribution is -0.121. The largest absolute Gasteiger partial charge is 0.493 e. The number of methoxy groups -OCH3 is 1. The number of ether oxygens (including phenoxy) is 3. The maximum atomic E-state index is 12.0. The molecule has 0 fully saturated rings. The lowest BCUT2D eigenvalue weighted by Crippen LogP contribution is -2.25. The second kappa shape index (κ2) is 11.4. The van der Waals surface area contributed by atoms with Gasteiger partial charge < -0.3 is 19.5 Å². The van der Waals surface area contributed by atoms with Crippen molar-refractivity contribution >= 4 is 16.8 Å². The minimum Gasteiger partial charge on any atom is -0.493 e. The summed E-state index contributed by atoms with van der Waals surface area (Å²) in [6.07, 6.45) is 3.39. The third kappa shape index (κ3) is 6.34. The molecule has 0 unspecified atom stereocenters. The number of aromatic nitrogens is 1. The van der Waals surface area contributed by atoms with Crippen LogP contribution >= 0.6 is 0 Å². The number of hydrogen-bond donors (Lipinski definition) is 1. The molecule has 0 radical (unpaired) electrons. The van der Waals surface area contributed by atoms with Crippen LogP contribution in [0.4, 0.5) is 0 Å². The zero-order valence-electron chi connectivity index (χ0n) is 17.5. The topological polar surface area (TPSA) is 93.5 Å². The highest BCUT2D eigenvalue weighted by molar-refractivity contribution is 5.84. The van der Waals surface area contributed by atoms with Gasteiger partial charge in [0.15, 0.2) is 11.5 Å². The first kappa shape index (κ1) is 21.9. The van der Waals surface area contributed by atoms with E-state index < -0.39 is 0 Å². The molecule has 2 aromatic carbocycles. The summed E-state index contributed by atoms with van der Waals surface area (Å²) < 4.78 is 16.7. The van der Waals surface area contributed by atoms with Crippen LogP contribution in [0.25, 0.3) is 10.9 Å². The van der Waals surface area contributed by atoms with Crippen LogP contribution in [0.15, 0.2) is 54.7 Å². The van der Waals surface area contributed by atoms with Gasteiger partial charge in [0.1, 0.15) is 11.3 Å². The number of nitrogens with zero attached hydrogens (tertiary/aromatic N) is 2. The SMILES string of the molecule is COc1cc(C#N)ccc1OCCCC(=O)NCCCOc1cccc2cccnc12. The number of rotatable bonds is 11. The second-order valence-corrected chi connectivity index (χ2v) is 6.81. The van der Waals surface area contributed by atoms with E-state index in [1.54, 1.807) is 24.4 Å². The van der Waals surface area contributed by atoms with E-state index in [0.29, 0.717) is 56.1 Å². The van der Waals surface area contributed by atoms with Crippen LogP contribution < -0.4 is 19.5 Å². The number of pyridine rings is 1. The summed E-state index contributed by atoms with van der Waals surface area (Å²) in [4.78, 5) is 16.4. The fourth-order valence-electron chi connectivity index (χ4n) is 3.03. The van der Waals surface area contributed by atoms with Gasteiger partial charge in [0, 0.05) is 30.6 Å². The Morgan fingerprint density at radius 3 is 2.68 bits per heavy atom.